The first kappa shape index (κ1) is 19.8. The Kier molecular flexibility index (Phi) is 7.06. The number of carbonyl (C=O) groups is 2. The van der Waals surface area contributed by atoms with Crippen LogP contribution in [0.2, 0.25) is 0 Å². The third kappa shape index (κ3) is 6.89. The predicted molar refractivity (Wildman–Crippen MR) is 80.5 cm³/mol. The van der Waals surface area contributed by atoms with Crippen LogP contribution in [0.4, 0.5) is 13.2 Å². The maximum Gasteiger partial charge on any atom is 0.416 e. The van der Waals surface area contributed by atoms with Gasteiger partial charge in [-0.15, -0.1) is 0 Å². The fourth-order valence-corrected chi connectivity index (χ4v) is 2.02. The molecule has 0 saturated heterocycles. The zero-order valence-electron chi connectivity index (χ0n) is 13.4. The average Bonchev–Trinajstić information content (AvgIpc) is 2.48. The van der Waals surface area contributed by atoms with E-state index in [4.69, 9.17) is 9.84 Å². The lowest BCUT2D eigenvalue weighted by atomic mass is 9.97. The first-order valence-electron chi connectivity index (χ1n) is 7.39. The summed E-state index contributed by atoms with van der Waals surface area (Å²) >= 11 is 0. The monoisotopic (exact) mass is 347 g/mol. The van der Waals surface area contributed by atoms with Crippen molar-refractivity contribution in [2.45, 2.75) is 26.4 Å². The van der Waals surface area contributed by atoms with E-state index in [0.29, 0.717) is 6.42 Å². The SMILES string of the molecule is CC(C)CC(CNC(=O)COc1ccc(C(F)(F)F)cc1)C(=O)O. The summed E-state index contributed by atoms with van der Waals surface area (Å²) in [5.41, 5.74) is -0.808. The van der Waals surface area contributed by atoms with Crippen LogP contribution in [0.15, 0.2) is 24.3 Å². The summed E-state index contributed by atoms with van der Waals surface area (Å²) in [5.74, 6) is -1.93. The molecule has 1 amide bonds. The lowest BCUT2D eigenvalue weighted by molar-refractivity contribution is -0.142. The van der Waals surface area contributed by atoms with Crippen LogP contribution in [0.25, 0.3) is 0 Å². The molecule has 8 heteroatoms. The molecule has 0 spiro atoms. The van der Waals surface area contributed by atoms with E-state index < -0.39 is 36.1 Å². The van der Waals surface area contributed by atoms with Crippen LogP contribution >= 0.6 is 0 Å². The lowest BCUT2D eigenvalue weighted by Crippen LogP contribution is -2.36. The van der Waals surface area contributed by atoms with Crippen LogP contribution in [0.5, 0.6) is 5.75 Å². The molecule has 1 rings (SSSR count). The van der Waals surface area contributed by atoms with Crippen molar-refractivity contribution in [1.82, 2.24) is 5.32 Å². The number of rotatable bonds is 8. The highest BCUT2D eigenvalue weighted by atomic mass is 19.4. The third-order valence-corrected chi connectivity index (χ3v) is 3.20. The molecule has 2 N–H and O–H groups in total. The van der Waals surface area contributed by atoms with E-state index in [1.54, 1.807) is 0 Å². The van der Waals surface area contributed by atoms with E-state index in [1.165, 1.54) is 0 Å². The Hall–Kier alpha value is -2.25. The summed E-state index contributed by atoms with van der Waals surface area (Å²) < 4.78 is 42.3. The molecular weight excluding hydrogens is 327 g/mol. The van der Waals surface area contributed by atoms with Gasteiger partial charge in [0.25, 0.3) is 5.91 Å². The lowest BCUT2D eigenvalue weighted by Gasteiger charge is -2.15. The van der Waals surface area contributed by atoms with Gasteiger partial charge in [0, 0.05) is 6.54 Å². The summed E-state index contributed by atoms with van der Waals surface area (Å²) in [5, 5.41) is 11.5. The minimum Gasteiger partial charge on any atom is -0.484 e. The van der Waals surface area contributed by atoms with E-state index in [0.717, 1.165) is 24.3 Å². The van der Waals surface area contributed by atoms with Crippen molar-refractivity contribution < 1.29 is 32.6 Å². The third-order valence-electron chi connectivity index (χ3n) is 3.20. The van der Waals surface area contributed by atoms with Crippen molar-refractivity contribution in [2.75, 3.05) is 13.2 Å². The molecule has 0 aliphatic heterocycles. The molecular formula is C16H20F3NO4. The van der Waals surface area contributed by atoms with Gasteiger partial charge in [-0.1, -0.05) is 13.8 Å². The second-order valence-electron chi connectivity index (χ2n) is 5.78. The van der Waals surface area contributed by atoms with Gasteiger partial charge >= 0.3 is 12.1 Å². The standard InChI is InChI=1S/C16H20F3NO4/c1-10(2)7-11(15(22)23)8-20-14(21)9-24-13-5-3-12(4-6-13)16(17,18)19/h3-6,10-11H,7-9H2,1-2H3,(H,20,21)(H,22,23). The van der Waals surface area contributed by atoms with Crippen molar-refractivity contribution in [3.05, 3.63) is 29.8 Å². The van der Waals surface area contributed by atoms with Crippen LogP contribution in [0, 0.1) is 11.8 Å². The second kappa shape index (κ2) is 8.56. The van der Waals surface area contributed by atoms with Gasteiger partial charge in [-0.25, -0.2) is 0 Å². The van der Waals surface area contributed by atoms with Gasteiger partial charge in [0.15, 0.2) is 6.61 Å². The van der Waals surface area contributed by atoms with Gasteiger partial charge in [0.2, 0.25) is 0 Å². The molecule has 1 unspecified atom stereocenters. The number of nitrogens with one attached hydrogen (secondary N) is 1. The van der Waals surface area contributed by atoms with Crippen LogP contribution < -0.4 is 10.1 Å². The largest absolute Gasteiger partial charge is 0.484 e. The number of carbonyl (C=O) groups excluding carboxylic acids is 1. The van der Waals surface area contributed by atoms with Crippen molar-refractivity contribution in [3.63, 3.8) is 0 Å². The molecule has 1 aromatic rings. The quantitative estimate of drug-likeness (QED) is 0.758. The van der Waals surface area contributed by atoms with E-state index in [-0.39, 0.29) is 18.2 Å². The van der Waals surface area contributed by atoms with Gasteiger partial charge in [0.1, 0.15) is 5.75 Å². The van der Waals surface area contributed by atoms with Gasteiger partial charge in [-0.05, 0) is 36.6 Å². The van der Waals surface area contributed by atoms with E-state index in [2.05, 4.69) is 5.32 Å². The number of carboxylic acids is 1. The fraction of sp³-hybridized carbons (Fsp3) is 0.500. The Balaban J connectivity index is 2.44. The van der Waals surface area contributed by atoms with E-state index >= 15 is 0 Å². The second-order valence-corrected chi connectivity index (χ2v) is 5.78. The number of carboxylic acid groups (broad SMARTS) is 1. The Bertz CT molecular complexity index is 555. The molecule has 0 bridgehead atoms. The normalized spacial score (nSPS) is 12.8. The highest BCUT2D eigenvalue weighted by Crippen LogP contribution is 2.30. The minimum atomic E-state index is -4.43. The smallest absolute Gasteiger partial charge is 0.416 e. The molecule has 24 heavy (non-hydrogen) atoms. The number of amides is 1. The van der Waals surface area contributed by atoms with Crippen LogP contribution in [-0.2, 0) is 15.8 Å². The van der Waals surface area contributed by atoms with Crippen LogP contribution in [0.1, 0.15) is 25.8 Å². The molecule has 1 atom stereocenters. The predicted octanol–water partition coefficient (Wildman–Crippen LogP) is 2.95. The fourth-order valence-electron chi connectivity index (χ4n) is 2.02. The molecule has 0 saturated carbocycles. The van der Waals surface area contributed by atoms with E-state index in [1.807, 2.05) is 13.8 Å². The number of alkyl halides is 3. The zero-order valence-corrected chi connectivity index (χ0v) is 13.4. The topological polar surface area (TPSA) is 75.6 Å². The van der Waals surface area contributed by atoms with Gasteiger partial charge < -0.3 is 15.2 Å². The van der Waals surface area contributed by atoms with Gasteiger partial charge in [-0.2, -0.15) is 13.2 Å². The Morgan fingerprint density at radius 3 is 2.25 bits per heavy atom. The minimum absolute atomic E-state index is 0.0251. The highest BCUT2D eigenvalue weighted by molar-refractivity contribution is 5.78. The number of aliphatic carboxylic acids is 1. The molecule has 0 aliphatic carbocycles. The Labute approximate surface area is 137 Å². The molecule has 0 radical (unpaired) electrons. The summed E-state index contributed by atoms with van der Waals surface area (Å²) in [7, 11) is 0. The van der Waals surface area contributed by atoms with Crippen molar-refractivity contribution in [2.24, 2.45) is 11.8 Å². The maximum absolute atomic E-state index is 12.4. The number of hydrogen-bond donors (Lipinski definition) is 2. The number of halogens is 3. The first-order valence-corrected chi connectivity index (χ1v) is 7.39. The summed E-state index contributed by atoms with van der Waals surface area (Å²) in [6.07, 6.45) is -4.01. The molecule has 0 fully saturated rings. The number of benzene rings is 1. The number of hydrogen-bond acceptors (Lipinski definition) is 3. The highest BCUT2D eigenvalue weighted by Gasteiger charge is 2.30. The molecule has 0 aromatic heterocycles. The van der Waals surface area contributed by atoms with E-state index in [9.17, 15) is 22.8 Å². The molecule has 0 heterocycles. The molecule has 5 nitrogen and oxygen atoms in total. The zero-order chi connectivity index (χ0) is 18.3. The van der Waals surface area contributed by atoms with Gasteiger partial charge in [-0.3, -0.25) is 9.59 Å². The van der Waals surface area contributed by atoms with Crippen LogP contribution in [-0.4, -0.2) is 30.1 Å². The summed E-state index contributed by atoms with van der Waals surface area (Å²) in [6.45, 7) is 3.33. The Morgan fingerprint density at radius 1 is 1.21 bits per heavy atom. The summed E-state index contributed by atoms with van der Waals surface area (Å²) in [4.78, 5) is 22.7. The Morgan fingerprint density at radius 2 is 1.79 bits per heavy atom. The first-order chi connectivity index (χ1) is 11.1. The molecule has 1 aromatic carbocycles. The summed E-state index contributed by atoms with van der Waals surface area (Å²) in [6, 6.07) is 3.95. The van der Waals surface area contributed by atoms with Crippen molar-refractivity contribution in [3.8, 4) is 5.75 Å². The molecule has 134 valence electrons. The maximum atomic E-state index is 12.4. The average molecular weight is 347 g/mol. The van der Waals surface area contributed by atoms with Crippen molar-refractivity contribution >= 4 is 11.9 Å². The number of ether oxygens (including phenoxy) is 1. The van der Waals surface area contributed by atoms with Crippen molar-refractivity contribution in [1.29, 1.82) is 0 Å². The van der Waals surface area contributed by atoms with Crippen LogP contribution in [0.3, 0.4) is 0 Å². The molecule has 0 aliphatic rings. The van der Waals surface area contributed by atoms with Gasteiger partial charge in [0.05, 0.1) is 11.5 Å².